The SMILES string of the molecule is CN(C)C[C@@H]1Cc2cc(Cl)ccc2N(C(=O)[C@@H](Cc2c[nH]c3ccccc23)NC(=O)N2CCC(Cc3ccccc3F)CC2)C1. The van der Waals surface area contributed by atoms with Crippen LogP contribution in [0.25, 0.3) is 10.9 Å². The predicted octanol–water partition coefficient (Wildman–Crippen LogP) is 6.30. The number of aromatic nitrogens is 1. The highest BCUT2D eigenvalue weighted by atomic mass is 35.5. The van der Waals surface area contributed by atoms with E-state index in [1.807, 2.05) is 79.8 Å². The molecule has 2 atom stereocenters. The van der Waals surface area contributed by atoms with Gasteiger partial charge in [0.05, 0.1) is 0 Å². The number of amides is 3. The van der Waals surface area contributed by atoms with Gasteiger partial charge < -0.3 is 25.0 Å². The second kappa shape index (κ2) is 13.6. The molecular weight excluding hydrogens is 589 g/mol. The Hall–Kier alpha value is -3.88. The summed E-state index contributed by atoms with van der Waals surface area (Å²) in [5.74, 6) is 0.230. The maximum Gasteiger partial charge on any atom is 0.318 e. The Labute approximate surface area is 269 Å². The quantitative estimate of drug-likeness (QED) is 0.240. The molecule has 1 saturated heterocycles. The molecule has 2 aliphatic rings. The first kappa shape index (κ1) is 31.1. The number of aromatic amines is 1. The lowest BCUT2D eigenvalue weighted by atomic mass is 9.90. The van der Waals surface area contributed by atoms with Gasteiger partial charge in [-0.25, -0.2) is 9.18 Å². The minimum absolute atomic E-state index is 0.130. The molecule has 0 spiro atoms. The number of hydrogen-bond donors (Lipinski definition) is 2. The minimum atomic E-state index is -0.769. The fraction of sp³-hybridized carbons (Fsp3) is 0.389. The van der Waals surface area contributed by atoms with E-state index in [-0.39, 0.29) is 23.7 Å². The maximum absolute atomic E-state index is 14.5. The number of carbonyl (C=O) groups excluding carboxylic acids is 2. The molecule has 2 N–H and O–H groups in total. The van der Waals surface area contributed by atoms with Crippen molar-refractivity contribution in [1.29, 1.82) is 0 Å². The molecule has 2 aliphatic heterocycles. The molecular formula is C36H41ClFN5O2. The first-order chi connectivity index (χ1) is 21.7. The monoisotopic (exact) mass is 629 g/mol. The van der Waals surface area contributed by atoms with E-state index in [4.69, 9.17) is 11.6 Å². The van der Waals surface area contributed by atoms with Gasteiger partial charge in [0.25, 0.3) is 0 Å². The number of nitrogens with zero attached hydrogens (tertiary/aromatic N) is 3. The minimum Gasteiger partial charge on any atom is -0.361 e. The van der Waals surface area contributed by atoms with Gasteiger partial charge in [0, 0.05) is 60.4 Å². The Morgan fingerprint density at radius 3 is 2.56 bits per heavy atom. The maximum atomic E-state index is 14.5. The number of fused-ring (bicyclic) bond motifs is 2. The molecule has 1 aromatic heterocycles. The predicted molar refractivity (Wildman–Crippen MR) is 178 cm³/mol. The van der Waals surface area contributed by atoms with Crippen LogP contribution in [0.4, 0.5) is 14.9 Å². The topological polar surface area (TPSA) is 71.7 Å². The van der Waals surface area contributed by atoms with Crippen LogP contribution in [-0.4, -0.2) is 73.0 Å². The Kier molecular flexibility index (Phi) is 9.42. The summed E-state index contributed by atoms with van der Waals surface area (Å²) in [5, 5.41) is 4.83. The summed E-state index contributed by atoms with van der Waals surface area (Å²) >= 11 is 6.39. The number of nitrogens with one attached hydrogen (secondary N) is 2. The first-order valence-corrected chi connectivity index (χ1v) is 16.2. The van der Waals surface area contributed by atoms with Crippen LogP contribution in [0.3, 0.4) is 0 Å². The van der Waals surface area contributed by atoms with Gasteiger partial charge in [-0.05, 0) is 98.6 Å². The molecule has 0 saturated carbocycles. The molecule has 0 unspecified atom stereocenters. The molecule has 236 valence electrons. The number of piperidine rings is 1. The van der Waals surface area contributed by atoms with Gasteiger partial charge in [0.15, 0.2) is 0 Å². The zero-order valence-electron chi connectivity index (χ0n) is 25.9. The summed E-state index contributed by atoms with van der Waals surface area (Å²) in [6, 6.07) is 19.6. The Morgan fingerprint density at radius 1 is 1.02 bits per heavy atom. The third-order valence-corrected chi connectivity index (χ3v) is 9.47. The van der Waals surface area contributed by atoms with Crippen molar-refractivity contribution < 1.29 is 14.0 Å². The fourth-order valence-corrected chi connectivity index (χ4v) is 7.22. The van der Waals surface area contributed by atoms with Crippen LogP contribution in [0.15, 0.2) is 72.9 Å². The highest BCUT2D eigenvalue weighted by Gasteiger charge is 2.35. The fourth-order valence-electron chi connectivity index (χ4n) is 7.02. The summed E-state index contributed by atoms with van der Waals surface area (Å²) in [6.07, 6.45) is 5.36. The summed E-state index contributed by atoms with van der Waals surface area (Å²) in [4.78, 5) is 37.4. The van der Waals surface area contributed by atoms with E-state index in [9.17, 15) is 14.0 Å². The van der Waals surface area contributed by atoms with E-state index in [2.05, 4.69) is 15.2 Å². The lowest BCUT2D eigenvalue weighted by Gasteiger charge is -2.38. The molecule has 0 bridgehead atoms. The van der Waals surface area contributed by atoms with Crippen molar-refractivity contribution in [3.05, 3.63) is 100 Å². The number of H-pyrrole nitrogens is 1. The number of hydrogen-bond acceptors (Lipinski definition) is 3. The van der Waals surface area contributed by atoms with Crippen LogP contribution in [0, 0.1) is 17.7 Å². The zero-order chi connectivity index (χ0) is 31.5. The van der Waals surface area contributed by atoms with E-state index in [0.29, 0.717) is 43.4 Å². The molecule has 7 nitrogen and oxygen atoms in total. The van der Waals surface area contributed by atoms with Crippen LogP contribution >= 0.6 is 11.6 Å². The van der Waals surface area contributed by atoms with Crippen LogP contribution in [0.2, 0.25) is 5.02 Å². The van der Waals surface area contributed by atoms with Crippen LogP contribution < -0.4 is 10.2 Å². The molecule has 6 rings (SSSR count). The van der Waals surface area contributed by atoms with Gasteiger partial charge in [0.2, 0.25) is 5.91 Å². The number of rotatable bonds is 8. The molecule has 1 fully saturated rings. The third kappa shape index (κ3) is 7.18. The third-order valence-electron chi connectivity index (χ3n) is 9.23. The van der Waals surface area contributed by atoms with Gasteiger partial charge in [-0.1, -0.05) is 48.0 Å². The number of para-hydroxylation sites is 1. The van der Waals surface area contributed by atoms with E-state index in [0.717, 1.165) is 59.1 Å². The number of carbonyl (C=O) groups is 2. The first-order valence-electron chi connectivity index (χ1n) is 15.8. The van der Waals surface area contributed by atoms with Crippen molar-refractivity contribution in [2.24, 2.45) is 11.8 Å². The summed E-state index contributed by atoms with van der Waals surface area (Å²) in [7, 11) is 4.08. The average Bonchev–Trinajstić information content (AvgIpc) is 3.43. The second-order valence-corrected chi connectivity index (χ2v) is 13.3. The average molecular weight is 630 g/mol. The van der Waals surface area contributed by atoms with Gasteiger partial charge in [0.1, 0.15) is 11.9 Å². The lowest BCUT2D eigenvalue weighted by Crippen LogP contribution is -2.56. The number of anilines is 1. The smallest absolute Gasteiger partial charge is 0.318 e. The normalized spacial score (nSPS) is 17.8. The van der Waals surface area contributed by atoms with Crippen molar-refractivity contribution >= 4 is 40.1 Å². The van der Waals surface area contributed by atoms with Gasteiger partial charge >= 0.3 is 6.03 Å². The number of urea groups is 1. The summed E-state index contributed by atoms with van der Waals surface area (Å²) in [5.41, 5.74) is 4.59. The van der Waals surface area contributed by atoms with Gasteiger partial charge in [-0.3, -0.25) is 4.79 Å². The molecule has 4 aromatic rings. The van der Waals surface area contributed by atoms with E-state index >= 15 is 0 Å². The molecule has 3 heterocycles. The Balaban J connectivity index is 1.22. The molecule has 3 aromatic carbocycles. The standard InChI is InChI=1S/C36H41ClFN5O2/c1-41(2)22-25-18-27-19-29(37)11-12-34(27)43(23-25)35(44)33(20-28-21-39-32-10-6-4-8-30(28)32)40-36(45)42-15-13-24(14-16-42)17-26-7-3-5-9-31(26)38/h3-12,19,21,24-25,33,39H,13-18,20,22-23H2,1-2H3,(H,40,45)/t25-,33+/m0/s1. The van der Waals surface area contributed by atoms with Gasteiger partial charge in [-0.15, -0.1) is 0 Å². The van der Waals surface area contributed by atoms with Gasteiger partial charge in [-0.2, -0.15) is 0 Å². The number of likely N-dealkylation sites (tertiary alicyclic amines) is 1. The summed E-state index contributed by atoms with van der Waals surface area (Å²) < 4.78 is 14.3. The number of benzene rings is 3. The molecule has 0 aliphatic carbocycles. The van der Waals surface area contributed by atoms with Crippen molar-refractivity contribution in [2.75, 3.05) is 45.2 Å². The van der Waals surface area contributed by atoms with E-state index < -0.39 is 6.04 Å². The van der Waals surface area contributed by atoms with Crippen LogP contribution in [0.5, 0.6) is 0 Å². The largest absolute Gasteiger partial charge is 0.361 e. The molecule has 9 heteroatoms. The molecule has 45 heavy (non-hydrogen) atoms. The van der Waals surface area contributed by atoms with Crippen LogP contribution in [0.1, 0.15) is 29.5 Å². The van der Waals surface area contributed by atoms with Crippen molar-refractivity contribution in [3.8, 4) is 0 Å². The van der Waals surface area contributed by atoms with Crippen molar-refractivity contribution in [2.45, 2.75) is 38.1 Å². The van der Waals surface area contributed by atoms with E-state index in [1.165, 1.54) is 6.07 Å². The lowest BCUT2D eigenvalue weighted by molar-refractivity contribution is -0.120. The number of halogens is 2. The molecule has 3 amide bonds. The van der Waals surface area contributed by atoms with Crippen LogP contribution in [-0.2, 0) is 24.1 Å². The zero-order valence-corrected chi connectivity index (χ0v) is 26.7. The highest BCUT2D eigenvalue weighted by Crippen LogP contribution is 2.33. The highest BCUT2D eigenvalue weighted by molar-refractivity contribution is 6.30. The second-order valence-electron chi connectivity index (χ2n) is 12.8. The Morgan fingerprint density at radius 2 is 1.78 bits per heavy atom. The summed E-state index contributed by atoms with van der Waals surface area (Å²) in [6.45, 7) is 2.52. The Bertz CT molecular complexity index is 1660. The molecule has 0 radical (unpaired) electrons. The van der Waals surface area contributed by atoms with Crippen molar-refractivity contribution in [1.82, 2.24) is 20.1 Å². The van der Waals surface area contributed by atoms with Crippen molar-refractivity contribution in [3.63, 3.8) is 0 Å². The van der Waals surface area contributed by atoms with E-state index in [1.54, 1.807) is 11.0 Å².